The van der Waals surface area contributed by atoms with E-state index in [0.717, 1.165) is 22.0 Å². The third-order valence-corrected chi connectivity index (χ3v) is 6.46. The van der Waals surface area contributed by atoms with Crippen LogP contribution in [0.3, 0.4) is 0 Å². The molecule has 0 aliphatic rings. The van der Waals surface area contributed by atoms with Crippen LogP contribution in [0.15, 0.2) is 54.7 Å². The summed E-state index contributed by atoms with van der Waals surface area (Å²) in [5.41, 5.74) is 13.8. The largest absolute Gasteiger partial charge is 0.508 e. The smallest absolute Gasteiger partial charge is 0.326 e. The first-order valence-electron chi connectivity index (χ1n) is 13.1. The number of nitrogens with two attached hydrogens (primary N) is 2. The van der Waals surface area contributed by atoms with Crippen molar-refractivity contribution in [3.05, 3.63) is 65.9 Å². The van der Waals surface area contributed by atoms with Gasteiger partial charge in [0.2, 0.25) is 17.7 Å². The molecule has 0 spiro atoms. The minimum Gasteiger partial charge on any atom is -0.508 e. The molecule has 3 atom stereocenters. The molecule has 3 unspecified atom stereocenters. The molecule has 10 N–H and O–H groups in total. The molecule has 0 saturated heterocycles. The summed E-state index contributed by atoms with van der Waals surface area (Å²) >= 11 is 0. The molecule has 3 aromatic rings. The highest BCUT2D eigenvalue weighted by molar-refractivity contribution is 5.93. The van der Waals surface area contributed by atoms with E-state index >= 15 is 0 Å². The molecular weight excluding hydrogens is 516 g/mol. The highest BCUT2D eigenvalue weighted by Gasteiger charge is 2.27. The lowest BCUT2D eigenvalue weighted by molar-refractivity contribution is -0.142. The predicted molar refractivity (Wildman–Crippen MR) is 149 cm³/mol. The van der Waals surface area contributed by atoms with Crippen LogP contribution in [0.4, 0.5) is 0 Å². The lowest BCUT2D eigenvalue weighted by Crippen LogP contribution is -2.54. The molecule has 2 aromatic carbocycles. The molecule has 3 rings (SSSR count). The molecule has 214 valence electrons. The zero-order valence-corrected chi connectivity index (χ0v) is 22.1. The molecule has 0 radical (unpaired) electrons. The van der Waals surface area contributed by atoms with Gasteiger partial charge in [-0.1, -0.05) is 30.3 Å². The van der Waals surface area contributed by atoms with Crippen molar-refractivity contribution >= 4 is 34.6 Å². The van der Waals surface area contributed by atoms with Gasteiger partial charge in [0.15, 0.2) is 0 Å². The van der Waals surface area contributed by atoms with Crippen molar-refractivity contribution in [2.75, 3.05) is 13.1 Å². The number of hydrogen-bond acceptors (Lipinski definition) is 7. The third kappa shape index (κ3) is 8.82. The summed E-state index contributed by atoms with van der Waals surface area (Å²) < 4.78 is 0. The van der Waals surface area contributed by atoms with E-state index in [2.05, 4.69) is 20.9 Å². The minimum absolute atomic E-state index is 0.0883. The number of carboxylic acids is 1. The number of carbonyl (C=O) groups is 4. The Morgan fingerprint density at radius 2 is 1.62 bits per heavy atom. The van der Waals surface area contributed by atoms with Gasteiger partial charge >= 0.3 is 5.97 Å². The van der Waals surface area contributed by atoms with Crippen molar-refractivity contribution in [3.63, 3.8) is 0 Å². The second-order valence-corrected chi connectivity index (χ2v) is 9.56. The number of H-pyrrole nitrogens is 1. The third-order valence-electron chi connectivity index (χ3n) is 6.46. The van der Waals surface area contributed by atoms with Gasteiger partial charge in [-0.2, -0.15) is 0 Å². The van der Waals surface area contributed by atoms with Crippen LogP contribution in [0.25, 0.3) is 10.9 Å². The molecular formula is C28H36N6O6. The molecule has 40 heavy (non-hydrogen) atoms. The summed E-state index contributed by atoms with van der Waals surface area (Å²) in [5.74, 6) is -2.95. The number of fused-ring (bicyclic) bond motifs is 1. The first-order chi connectivity index (χ1) is 19.2. The number of phenolic OH excluding ortho intramolecular Hbond substituents is 1. The van der Waals surface area contributed by atoms with Crippen molar-refractivity contribution in [1.29, 1.82) is 0 Å². The number of rotatable bonds is 15. The number of hydrogen-bond donors (Lipinski definition) is 8. The molecule has 0 aliphatic heterocycles. The number of amides is 3. The summed E-state index contributed by atoms with van der Waals surface area (Å²) in [6.45, 7) is -0.0253. The van der Waals surface area contributed by atoms with Crippen molar-refractivity contribution in [2.45, 2.75) is 50.2 Å². The number of nitrogens with one attached hydrogen (secondary N) is 4. The van der Waals surface area contributed by atoms with Gasteiger partial charge in [-0.3, -0.25) is 14.4 Å². The van der Waals surface area contributed by atoms with Gasteiger partial charge < -0.3 is 42.6 Å². The van der Waals surface area contributed by atoms with E-state index in [1.165, 1.54) is 12.1 Å². The van der Waals surface area contributed by atoms with E-state index in [0.29, 0.717) is 19.4 Å². The number of para-hydroxylation sites is 1. The quantitative estimate of drug-likeness (QED) is 0.122. The summed E-state index contributed by atoms with van der Waals surface area (Å²) in [4.78, 5) is 53.3. The van der Waals surface area contributed by atoms with Gasteiger partial charge in [-0.15, -0.1) is 0 Å². The number of phenols is 1. The maximum atomic E-state index is 13.2. The van der Waals surface area contributed by atoms with Crippen molar-refractivity contribution in [3.8, 4) is 5.75 Å². The van der Waals surface area contributed by atoms with E-state index < -0.39 is 48.4 Å². The zero-order chi connectivity index (χ0) is 29.1. The average molecular weight is 553 g/mol. The van der Waals surface area contributed by atoms with Crippen LogP contribution >= 0.6 is 0 Å². The van der Waals surface area contributed by atoms with E-state index in [1.807, 2.05) is 24.3 Å². The zero-order valence-electron chi connectivity index (χ0n) is 22.1. The Morgan fingerprint density at radius 3 is 2.33 bits per heavy atom. The number of aromatic nitrogens is 1. The Kier molecular flexibility index (Phi) is 11.0. The Labute approximate surface area is 231 Å². The lowest BCUT2D eigenvalue weighted by atomic mass is 10.0. The monoisotopic (exact) mass is 552 g/mol. The summed E-state index contributed by atoms with van der Waals surface area (Å²) in [6, 6.07) is 10.5. The van der Waals surface area contributed by atoms with Crippen LogP contribution in [0.2, 0.25) is 0 Å². The van der Waals surface area contributed by atoms with Crippen molar-refractivity contribution < 1.29 is 29.4 Å². The highest BCUT2D eigenvalue weighted by Crippen LogP contribution is 2.19. The fourth-order valence-electron chi connectivity index (χ4n) is 4.27. The number of aromatic amines is 1. The van der Waals surface area contributed by atoms with E-state index in [-0.39, 0.29) is 25.0 Å². The molecule has 0 fully saturated rings. The molecule has 0 saturated carbocycles. The van der Waals surface area contributed by atoms with Gasteiger partial charge in [-0.25, -0.2) is 4.79 Å². The molecule has 0 aliphatic carbocycles. The van der Waals surface area contributed by atoms with Crippen molar-refractivity contribution in [1.82, 2.24) is 20.9 Å². The van der Waals surface area contributed by atoms with E-state index in [1.54, 1.807) is 18.3 Å². The maximum Gasteiger partial charge on any atom is 0.326 e. The topological polar surface area (TPSA) is 213 Å². The van der Waals surface area contributed by atoms with Crippen LogP contribution in [0.1, 0.15) is 30.4 Å². The average Bonchev–Trinajstić information content (AvgIpc) is 3.34. The number of aromatic hydroxyl groups is 1. The number of benzene rings is 2. The number of carboxylic acid groups (broad SMARTS) is 1. The molecule has 0 bridgehead atoms. The molecule has 12 heteroatoms. The Hall–Kier alpha value is -4.42. The van der Waals surface area contributed by atoms with Crippen LogP contribution in [0.5, 0.6) is 5.75 Å². The van der Waals surface area contributed by atoms with Crippen LogP contribution in [-0.4, -0.2) is 70.1 Å². The predicted octanol–water partition coefficient (Wildman–Crippen LogP) is 0.285. The SMILES string of the molecule is NCCCCC(NC(=O)C(Cc1c[nH]c2ccccc12)NC(=O)CNC(=O)C(N)Cc1ccc(O)cc1)C(=O)O. The first kappa shape index (κ1) is 30.1. The molecule has 3 amide bonds. The maximum absolute atomic E-state index is 13.2. The van der Waals surface area contributed by atoms with E-state index in [9.17, 15) is 29.4 Å². The molecule has 1 heterocycles. The van der Waals surface area contributed by atoms with Gasteiger partial charge in [0.1, 0.15) is 17.8 Å². The minimum atomic E-state index is -1.18. The second-order valence-electron chi connectivity index (χ2n) is 9.56. The molecule has 1 aromatic heterocycles. The fourth-order valence-corrected chi connectivity index (χ4v) is 4.27. The van der Waals surface area contributed by atoms with Gasteiger partial charge in [-0.05, 0) is 61.6 Å². The van der Waals surface area contributed by atoms with Gasteiger partial charge in [0.25, 0.3) is 0 Å². The number of carbonyl (C=O) groups excluding carboxylic acids is 3. The molecule has 12 nitrogen and oxygen atoms in total. The standard InChI is InChI=1S/C28H36N6O6/c29-12-4-3-7-23(28(39)40)34-27(38)24(14-18-15-31-22-6-2-1-5-20(18)22)33-25(36)16-32-26(37)21(30)13-17-8-10-19(35)11-9-17/h1-2,5-6,8-11,15,21,23-24,31,35H,3-4,7,12-14,16,29-30H2,(H,32,37)(H,33,36)(H,34,38)(H,39,40). The number of aliphatic carboxylic acids is 1. The Balaban J connectivity index is 1.65. The number of unbranched alkanes of at least 4 members (excludes halogenated alkanes) is 1. The Morgan fingerprint density at radius 1 is 0.900 bits per heavy atom. The normalized spacial score (nSPS) is 13.2. The summed E-state index contributed by atoms with van der Waals surface area (Å²) in [5, 5.41) is 27.5. The van der Waals surface area contributed by atoms with Crippen LogP contribution in [-0.2, 0) is 32.0 Å². The second kappa shape index (κ2) is 14.7. The summed E-state index contributed by atoms with van der Waals surface area (Å²) in [6.07, 6.45) is 3.34. The van der Waals surface area contributed by atoms with Gasteiger partial charge in [0, 0.05) is 23.5 Å². The lowest BCUT2D eigenvalue weighted by Gasteiger charge is -2.22. The first-order valence-corrected chi connectivity index (χ1v) is 13.1. The van der Waals surface area contributed by atoms with Crippen LogP contribution in [0, 0.1) is 0 Å². The Bertz CT molecular complexity index is 1310. The van der Waals surface area contributed by atoms with Gasteiger partial charge in [0.05, 0.1) is 12.6 Å². The highest BCUT2D eigenvalue weighted by atomic mass is 16.4. The summed E-state index contributed by atoms with van der Waals surface area (Å²) in [7, 11) is 0. The fraction of sp³-hybridized carbons (Fsp3) is 0.357. The van der Waals surface area contributed by atoms with Crippen molar-refractivity contribution in [2.24, 2.45) is 11.5 Å². The van der Waals surface area contributed by atoms with E-state index in [4.69, 9.17) is 11.5 Å². The van der Waals surface area contributed by atoms with Crippen LogP contribution < -0.4 is 27.4 Å².